The number of halogens is 3. The van der Waals surface area contributed by atoms with Crippen LogP contribution in [0.2, 0.25) is 0 Å². The second-order valence-corrected chi connectivity index (χ2v) is 4.78. The van der Waals surface area contributed by atoms with E-state index in [-0.39, 0.29) is 18.0 Å². The first-order chi connectivity index (χ1) is 7.95. The van der Waals surface area contributed by atoms with Crippen LogP contribution in [0.4, 0.5) is 13.2 Å². The van der Waals surface area contributed by atoms with Gasteiger partial charge in [0.15, 0.2) is 0 Å². The molecule has 0 saturated carbocycles. The lowest BCUT2D eigenvalue weighted by Gasteiger charge is -2.29. The van der Waals surface area contributed by atoms with Crippen LogP contribution in [0.3, 0.4) is 0 Å². The Balaban J connectivity index is 1.83. The zero-order valence-electron chi connectivity index (χ0n) is 9.58. The monoisotopic (exact) mass is 246 g/mol. The molecule has 0 bridgehead atoms. The van der Waals surface area contributed by atoms with Crippen LogP contribution < -0.4 is 5.73 Å². The molecule has 2 rings (SSSR count). The van der Waals surface area contributed by atoms with Gasteiger partial charge in [0, 0.05) is 31.2 Å². The van der Waals surface area contributed by atoms with Crippen LogP contribution in [-0.2, 0) is 0 Å². The lowest BCUT2D eigenvalue weighted by atomic mass is 10.0. The Bertz CT molecular complexity index is 333. The summed E-state index contributed by atoms with van der Waals surface area (Å²) in [7, 11) is 0. The van der Waals surface area contributed by atoms with Gasteiger partial charge in [-0.25, -0.2) is 0 Å². The Morgan fingerprint density at radius 1 is 1.35 bits per heavy atom. The Labute approximate surface area is 99.0 Å². The molecule has 0 fully saturated rings. The summed E-state index contributed by atoms with van der Waals surface area (Å²) in [5.41, 5.74) is 5.36. The summed E-state index contributed by atoms with van der Waals surface area (Å²) >= 11 is 0. The molecule has 0 aromatic carbocycles. The minimum Gasteiger partial charge on any atom is -0.324 e. The van der Waals surface area contributed by atoms with Crippen LogP contribution in [0, 0.1) is 5.92 Å². The number of alkyl halides is 3. The summed E-state index contributed by atoms with van der Waals surface area (Å²) in [5.74, 6) is 0.394. The second kappa shape index (κ2) is 4.82. The fourth-order valence-corrected chi connectivity index (χ4v) is 2.41. The Morgan fingerprint density at radius 3 is 2.59 bits per heavy atom. The molecule has 1 heterocycles. The summed E-state index contributed by atoms with van der Waals surface area (Å²) < 4.78 is 37.2. The van der Waals surface area contributed by atoms with E-state index < -0.39 is 6.18 Å². The first-order valence-electron chi connectivity index (χ1n) is 5.87. The maximum Gasteiger partial charge on any atom is 0.412 e. The van der Waals surface area contributed by atoms with E-state index in [0.29, 0.717) is 19.0 Å². The highest BCUT2D eigenvalue weighted by molar-refractivity contribution is 5.13. The number of hydrogen-bond acceptors (Lipinski definition) is 2. The van der Waals surface area contributed by atoms with E-state index in [4.69, 9.17) is 5.73 Å². The van der Waals surface area contributed by atoms with E-state index in [1.54, 1.807) is 0 Å². The SMILES string of the molecule is NC1C=CC(CN2CC=C(C(F)(F)F)CC2)C1. The highest BCUT2D eigenvalue weighted by Crippen LogP contribution is 2.30. The largest absolute Gasteiger partial charge is 0.412 e. The van der Waals surface area contributed by atoms with Gasteiger partial charge in [0.25, 0.3) is 0 Å². The van der Waals surface area contributed by atoms with Gasteiger partial charge in [-0.05, 0) is 18.8 Å². The zero-order valence-corrected chi connectivity index (χ0v) is 9.58. The van der Waals surface area contributed by atoms with Gasteiger partial charge in [-0.3, -0.25) is 4.90 Å². The molecule has 0 spiro atoms. The van der Waals surface area contributed by atoms with Crippen molar-refractivity contribution in [2.75, 3.05) is 19.6 Å². The van der Waals surface area contributed by atoms with Crippen LogP contribution in [0.25, 0.3) is 0 Å². The summed E-state index contributed by atoms with van der Waals surface area (Å²) in [6, 6.07) is 0.117. The van der Waals surface area contributed by atoms with Gasteiger partial charge in [-0.2, -0.15) is 13.2 Å². The molecule has 5 heteroatoms. The topological polar surface area (TPSA) is 29.3 Å². The van der Waals surface area contributed by atoms with Crippen molar-refractivity contribution >= 4 is 0 Å². The molecule has 96 valence electrons. The number of nitrogens with zero attached hydrogens (tertiary/aromatic N) is 1. The third-order valence-electron chi connectivity index (χ3n) is 3.36. The molecule has 17 heavy (non-hydrogen) atoms. The maximum absolute atomic E-state index is 12.4. The first kappa shape index (κ1) is 12.6. The minimum atomic E-state index is -4.15. The molecule has 2 unspecified atom stereocenters. The van der Waals surface area contributed by atoms with Crippen LogP contribution >= 0.6 is 0 Å². The number of rotatable bonds is 2. The lowest BCUT2D eigenvalue weighted by Crippen LogP contribution is -2.35. The van der Waals surface area contributed by atoms with Crippen molar-refractivity contribution in [1.29, 1.82) is 0 Å². The number of nitrogens with two attached hydrogens (primary N) is 1. The molecule has 1 aliphatic carbocycles. The molecule has 0 aromatic heterocycles. The zero-order chi connectivity index (χ0) is 12.5. The molecule has 2 nitrogen and oxygen atoms in total. The van der Waals surface area contributed by atoms with Gasteiger partial charge in [-0.1, -0.05) is 18.2 Å². The van der Waals surface area contributed by atoms with Crippen molar-refractivity contribution < 1.29 is 13.2 Å². The van der Waals surface area contributed by atoms with Crippen LogP contribution in [-0.4, -0.2) is 36.8 Å². The third-order valence-corrected chi connectivity index (χ3v) is 3.36. The average Bonchev–Trinajstić information content (AvgIpc) is 2.63. The van der Waals surface area contributed by atoms with Crippen molar-refractivity contribution in [3.05, 3.63) is 23.8 Å². The fourth-order valence-electron chi connectivity index (χ4n) is 2.41. The summed E-state index contributed by atoms with van der Waals surface area (Å²) in [5, 5.41) is 0. The van der Waals surface area contributed by atoms with Crippen molar-refractivity contribution in [1.82, 2.24) is 4.90 Å². The van der Waals surface area contributed by atoms with Crippen molar-refractivity contribution in [2.45, 2.75) is 25.1 Å². The van der Waals surface area contributed by atoms with Crippen LogP contribution in [0.1, 0.15) is 12.8 Å². The van der Waals surface area contributed by atoms with E-state index in [1.807, 2.05) is 6.08 Å². The minimum absolute atomic E-state index is 0.103. The number of hydrogen-bond donors (Lipinski definition) is 1. The summed E-state index contributed by atoms with van der Waals surface area (Å²) in [4.78, 5) is 2.06. The Morgan fingerprint density at radius 2 is 2.12 bits per heavy atom. The molecule has 0 aromatic rings. The van der Waals surface area contributed by atoms with E-state index in [0.717, 1.165) is 13.0 Å². The molecule has 1 aliphatic heterocycles. The van der Waals surface area contributed by atoms with Gasteiger partial charge in [0.2, 0.25) is 0 Å². The second-order valence-electron chi connectivity index (χ2n) is 4.78. The van der Waals surface area contributed by atoms with Gasteiger partial charge < -0.3 is 5.73 Å². The smallest absolute Gasteiger partial charge is 0.324 e. The molecular formula is C12H17F3N2. The van der Waals surface area contributed by atoms with E-state index >= 15 is 0 Å². The molecule has 0 amide bonds. The predicted octanol–water partition coefficient (Wildman–Crippen LogP) is 2.08. The maximum atomic E-state index is 12.4. The van der Waals surface area contributed by atoms with Crippen molar-refractivity contribution in [3.63, 3.8) is 0 Å². The molecular weight excluding hydrogens is 229 g/mol. The fraction of sp³-hybridized carbons (Fsp3) is 0.667. The Kier molecular flexibility index (Phi) is 3.58. The quantitative estimate of drug-likeness (QED) is 0.756. The molecule has 0 saturated heterocycles. The van der Waals surface area contributed by atoms with Gasteiger partial charge >= 0.3 is 6.18 Å². The lowest BCUT2D eigenvalue weighted by molar-refractivity contribution is -0.0960. The van der Waals surface area contributed by atoms with Crippen LogP contribution in [0.5, 0.6) is 0 Å². The highest BCUT2D eigenvalue weighted by atomic mass is 19.4. The first-order valence-corrected chi connectivity index (χ1v) is 5.87. The Hall–Kier alpha value is -0.810. The third kappa shape index (κ3) is 3.33. The molecule has 2 atom stereocenters. The van der Waals surface area contributed by atoms with E-state index in [9.17, 15) is 13.2 Å². The van der Waals surface area contributed by atoms with E-state index in [1.165, 1.54) is 6.08 Å². The summed E-state index contributed by atoms with van der Waals surface area (Å²) in [6.45, 7) is 1.70. The highest BCUT2D eigenvalue weighted by Gasteiger charge is 2.35. The van der Waals surface area contributed by atoms with Crippen LogP contribution in [0.15, 0.2) is 23.8 Å². The van der Waals surface area contributed by atoms with Gasteiger partial charge in [-0.15, -0.1) is 0 Å². The average molecular weight is 246 g/mol. The normalized spacial score (nSPS) is 30.7. The van der Waals surface area contributed by atoms with Gasteiger partial charge in [0.1, 0.15) is 0 Å². The van der Waals surface area contributed by atoms with Crippen molar-refractivity contribution in [3.8, 4) is 0 Å². The van der Waals surface area contributed by atoms with Crippen molar-refractivity contribution in [2.24, 2.45) is 11.7 Å². The predicted molar refractivity (Wildman–Crippen MR) is 60.4 cm³/mol. The molecule has 2 N–H and O–H groups in total. The van der Waals surface area contributed by atoms with E-state index in [2.05, 4.69) is 11.0 Å². The summed E-state index contributed by atoms with van der Waals surface area (Å²) in [6.07, 6.45) is 2.22. The standard InChI is InChI=1S/C12H17F3N2/c13-12(14,15)10-3-5-17(6-4-10)8-9-1-2-11(16)7-9/h1-3,9,11H,4-8,16H2. The molecule has 0 radical (unpaired) electrons. The molecule has 2 aliphatic rings. The van der Waals surface area contributed by atoms with Gasteiger partial charge in [0.05, 0.1) is 0 Å².